The van der Waals surface area contributed by atoms with Crippen LogP contribution < -0.4 is 5.32 Å². The highest BCUT2D eigenvalue weighted by Gasteiger charge is 2.28. The Labute approximate surface area is 123 Å². The highest BCUT2D eigenvalue weighted by molar-refractivity contribution is 5.14. The molecule has 0 amide bonds. The van der Waals surface area contributed by atoms with Crippen molar-refractivity contribution in [3.8, 4) is 0 Å². The number of hydrogen-bond acceptors (Lipinski definition) is 2. The van der Waals surface area contributed by atoms with Crippen molar-refractivity contribution in [2.75, 3.05) is 19.6 Å². The quantitative estimate of drug-likeness (QED) is 0.855. The number of piperidine rings is 1. The first-order valence-corrected chi connectivity index (χ1v) is 8.31. The van der Waals surface area contributed by atoms with Gasteiger partial charge in [0.25, 0.3) is 0 Å². The fraction of sp³-hybridized carbons (Fsp3) is 0.667. The Morgan fingerprint density at radius 2 is 2.00 bits per heavy atom. The lowest BCUT2D eigenvalue weighted by Gasteiger charge is -2.34. The van der Waals surface area contributed by atoms with E-state index in [-0.39, 0.29) is 0 Å². The number of nitrogens with zero attached hydrogens (tertiary/aromatic N) is 1. The number of nitrogens with one attached hydrogen (secondary N) is 1. The van der Waals surface area contributed by atoms with Gasteiger partial charge in [-0.1, -0.05) is 37.3 Å². The molecule has 1 saturated carbocycles. The number of benzene rings is 1. The fourth-order valence-corrected chi connectivity index (χ4v) is 3.39. The van der Waals surface area contributed by atoms with Gasteiger partial charge >= 0.3 is 0 Å². The minimum Gasteiger partial charge on any atom is -0.312 e. The van der Waals surface area contributed by atoms with Crippen LogP contribution in [0.4, 0.5) is 0 Å². The van der Waals surface area contributed by atoms with Gasteiger partial charge in [-0.25, -0.2) is 0 Å². The van der Waals surface area contributed by atoms with E-state index in [9.17, 15) is 0 Å². The number of hydrogen-bond donors (Lipinski definition) is 1. The van der Waals surface area contributed by atoms with E-state index < -0.39 is 0 Å². The smallest absolute Gasteiger partial charge is 0.0234 e. The second-order valence-corrected chi connectivity index (χ2v) is 6.78. The Morgan fingerprint density at radius 3 is 2.75 bits per heavy atom. The molecule has 110 valence electrons. The lowest BCUT2D eigenvalue weighted by Crippen LogP contribution is -2.46. The van der Waals surface area contributed by atoms with Gasteiger partial charge in [-0.15, -0.1) is 0 Å². The Hall–Kier alpha value is -0.860. The van der Waals surface area contributed by atoms with Crippen LogP contribution in [0.25, 0.3) is 0 Å². The highest BCUT2D eigenvalue weighted by atomic mass is 15.2. The number of likely N-dealkylation sites (tertiary alicyclic amines) is 1. The molecule has 1 aromatic rings. The van der Waals surface area contributed by atoms with E-state index in [1.54, 1.807) is 0 Å². The molecule has 1 saturated heterocycles. The molecular formula is C18H28N2. The van der Waals surface area contributed by atoms with Gasteiger partial charge in [0.15, 0.2) is 0 Å². The van der Waals surface area contributed by atoms with Crippen LogP contribution in [0.15, 0.2) is 30.3 Å². The van der Waals surface area contributed by atoms with E-state index in [0.29, 0.717) is 6.04 Å². The summed E-state index contributed by atoms with van der Waals surface area (Å²) in [5.74, 6) is 1.89. The Balaban J connectivity index is 1.43. The molecule has 2 fully saturated rings. The zero-order valence-electron chi connectivity index (χ0n) is 12.7. The molecule has 0 bridgehead atoms. The van der Waals surface area contributed by atoms with Crippen molar-refractivity contribution >= 4 is 0 Å². The van der Waals surface area contributed by atoms with Crippen molar-refractivity contribution in [3.63, 3.8) is 0 Å². The molecule has 3 rings (SSSR count). The average Bonchev–Trinajstić information content (AvgIpc) is 3.31. The molecule has 2 nitrogen and oxygen atoms in total. The molecule has 1 N–H and O–H groups in total. The summed E-state index contributed by atoms with van der Waals surface area (Å²) in [7, 11) is 0. The largest absolute Gasteiger partial charge is 0.312 e. The van der Waals surface area contributed by atoms with Crippen LogP contribution in [0.5, 0.6) is 0 Å². The molecule has 1 aromatic carbocycles. The van der Waals surface area contributed by atoms with E-state index in [4.69, 9.17) is 0 Å². The SMILES string of the molecule is CC(CNC1CCCN(Cc2ccccc2)C1)C1CC1. The van der Waals surface area contributed by atoms with Crippen LogP contribution in [-0.2, 0) is 6.54 Å². The third kappa shape index (κ3) is 4.07. The normalized spacial score (nSPS) is 25.6. The summed E-state index contributed by atoms with van der Waals surface area (Å²) in [6.45, 7) is 7.21. The van der Waals surface area contributed by atoms with E-state index in [2.05, 4.69) is 47.5 Å². The molecule has 2 atom stereocenters. The summed E-state index contributed by atoms with van der Waals surface area (Å²) in [6.07, 6.45) is 5.62. The predicted molar refractivity (Wildman–Crippen MR) is 84.6 cm³/mol. The van der Waals surface area contributed by atoms with Crippen LogP contribution in [-0.4, -0.2) is 30.6 Å². The van der Waals surface area contributed by atoms with Crippen molar-refractivity contribution in [2.45, 2.75) is 45.2 Å². The fourth-order valence-electron chi connectivity index (χ4n) is 3.39. The molecule has 1 heterocycles. The van der Waals surface area contributed by atoms with Crippen molar-refractivity contribution in [1.82, 2.24) is 10.2 Å². The first-order valence-electron chi connectivity index (χ1n) is 8.31. The molecule has 2 unspecified atom stereocenters. The van der Waals surface area contributed by atoms with Crippen molar-refractivity contribution in [3.05, 3.63) is 35.9 Å². The molecule has 2 heteroatoms. The molecule has 0 aromatic heterocycles. The van der Waals surface area contributed by atoms with E-state index in [0.717, 1.165) is 18.4 Å². The van der Waals surface area contributed by atoms with E-state index in [1.165, 1.54) is 50.9 Å². The van der Waals surface area contributed by atoms with Gasteiger partial charge in [-0.3, -0.25) is 4.90 Å². The van der Waals surface area contributed by atoms with Crippen molar-refractivity contribution < 1.29 is 0 Å². The minimum absolute atomic E-state index is 0.702. The maximum absolute atomic E-state index is 3.82. The summed E-state index contributed by atoms with van der Waals surface area (Å²) in [6, 6.07) is 11.6. The van der Waals surface area contributed by atoms with Crippen LogP contribution in [0.2, 0.25) is 0 Å². The zero-order valence-corrected chi connectivity index (χ0v) is 12.7. The first kappa shape index (κ1) is 14.1. The molecule has 0 radical (unpaired) electrons. The van der Waals surface area contributed by atoms with E-state index >= 15 is 0 Å². The van der Waals surface area contributed by atoms with Gasteiger partial charge in [0.2, 0.25) is 0 Å². The standard InChI is InChI=1S/C18H28N2/c1-15(17-9-10-17)12-19-18-8-5-11-20(14-18)13-16-6-3-2-4-7-16/h2-4,6-7,15,17-19H,5,8-14H2,1H3. The lowest BCUT2D eigenvalue weighted by molar-refractivity contribution is 0.179. The molecule has 20 heavy (non-hydrogen) atoms. The maximum Gasteiger partial charge on any atom is 0.0234 e. The lowest BCUT2D eigenvalue weighted by atomic mass is 10.0. The van der Waals surface area contributed by atoms with Gasteiger partial charge < -0.3 is 5.32 Å². The van der Waals surface area contributed by atoms with Crippen LogP contribution in [0, 0.1) is 11.8 Å². The van der Waals surface area contributed by atoms with Gasteiger partial charge in [-0.05, 0) is 56.2 Å². The van der Waals surface area contributed by atoms with Gasteiger partial charge in [0, 0.05) is 19.1 Å². The van der Waals surface area contributed by atoms with Gasteiger partial charge in [0.05, 0.1) is 0 Å². The summed E-state index contributed by atoms with van der Waals surface area (Å²) in [5.41, 5.74) is 1.44. The second-order valence-electron chi connectivity index (χ2n) is 6.78. The third-order valence-corrected chi connectivity index (χ3v) is 4.91. The van der Waals surface area contributed by atoms with Gasteiger partial charge in [0.1, 0.15) is 0 Å². The van der Waals surface area contributed by atoms with Crippen molar-refractivity contribution in [1.29, 1.82) is 0 Å². The highest BCUT2D eigenvalue weighted by Crippen LogP contribution is 2.36. The third-order valence-electron chi connectivity index (χ3n) is 4.91. The van der Waals surface area contributed by atoms with Crippen LogP contribution in [0.3, 0.4) is 0 Å². The Kier molecular flexibility index (Phi) is 4.74. The second kappa shape index (κ2) is 6.73. The summed E-state index contributed by atoms with van der Waals surface area (Å²) in [4.78, 5) is 2.61. The Morgan fingerprint density at radius 1 is 1.20 bits per heavy atom. The molecular weight excluding hydrogens is 244 g/mol. The monoisotopic (exact) mass is 272 g/mol. The molecule has 2 aliphatic rings. The Bertz CT molecular complexity index is 399. The molecule has 0 spiro atoms. The van der Waals surface area contributed by atoms with Crippen LogP contribution >= 0.6 is 0 Å². The predicted octanol–water partition coefficient (Wildman–Crippen LogP) is 3.29. The molecule has 1 aliphatic carbocycles. The average molecular weight is 272 g/mol. The summed E-state index contributed by atoms with van der Waals surface area (Å²) in [5, 5.41) is 3.82. The minimum atomic E-state index is 0.702. The number of rotatable bonds is 6. The van der Waals surface area contributed by atoms with Crippen LogP contribution in [0.1, 0.15) is 38.2 Å². The van der Waals surface area contributed by atoms with E-state index in [1.807, 2.05) is 0 Å². The maximum atomic E-state index is 3.82. The first-order chi connectivity index (χ1) is 9.81. The van der Waals surface area contributed by atoms with Crippen molar-refractivity contribution in [2.24, 2.45) is 11.8 Å². The summed E-state index contributed by atoms with van der Waals surface area (Å²) < 4.78 is 0. The topological polar surface area (TPSA) is 15.3 Å². The summed E-state index contributed by atoms with van der Waals surface area (Å²) >= 11 is 0. The zero-order chi connectivity index (χ0) is 13.8. The molecule has 1 aliphatic heterocycles. The van der Waals surface area contributed by atoms with Gasteiger partial charge in [-0.2, -0.15) is 0 Å².